The van der Waals surface area contributed by atoms with Crippen LogP contribution >= 0.6 is 0 Å². The Kier molecular flexibility index (Phi) is 4.59. The third-order valence-electron chi connectivity index (χ3n) is 6.44. The maximum atomic E-state index is 13.1. The van der Waals surface area contributed by atoms with Gasteiger partial charge in [-0.2, -0.15) is 0 Å². The molecule has 5 rings (SSSR count). The highest BCUT2D eigenvalue weighted by atomic mass is 16.5. The van der Waals surface area contributed by atoms with Crippen LogP contribution in [0.3, 0.4) is 0 Å². The van der Waals surface area contributed by atoms with Crippen molar-refractivity contribution < 1.29 is 14.3 Å². The minimum atomic E-state index is -0.264. The number of carbonyl (C=O) groups excluding carboxylic acids is 1. The quantitative estimate of drug-likeness (QED) is 0.577. The van der Waals surface area contributed by atoms with Gasteiger partial charge in [-0.1, -0.05) is 48.5 Å². The second-order valence-electron chi connectivity index (χ2n) is 7.96. The molecule has 1 heterocycles. The maximum absolute atomic E-state index is 13.1. The van der Waals surface area contributed by atoms with E-state index in [2.05, 4.69) is 42.5 Å². The summed E-state index contributed by atoms with van der Waals surface area (Å²) >= 11 is 0. The predicted molar refractivity (Wildman–Crippen MR) is 113 cm³/mol. The van der Waals surface area contributed by atoms with Gasteiger partial charge in [-0.15, -0.1) is 0 Å². The van der Waals surface area contributed by atoms with Gasteiger partial charge >= 0.3 is 0 Å². The van der Waals surface area contributed by atoms with Gasteiger partial charge in [0.1, 0.15) is 18.1 Å². The predicted octanol–water partition coefficient (Wildman–Crippen LogP) is 5.72. The van der Waals surface area contributed by atoms with Crippen LogP contribution in [-0.2, 0) is 0 Å². The molecule has 146 valence electrons. The topological polar surface area (TPSA) is 35.5 Å². The zero-order valence-corrected chi connectivity index (χ0v) is 16.5. The third kappa shape index (κ3) is 3.21. The molecular weight excluding hydrogens is 360 g/mol. The van der Waals surface area contributed by atoms with Gasteiger partial charge in [0.2, 0.25) is 0 Å². The highest BCUT2D eigenvalue weighted by molar-refractivity contribution is 6.04. The van der Waals surface area contributed by atoms with Crippen molar-refractivity contribution in [1.82, 2.24) is 0 Å². The summed E-state index contributed by atoms with van der Waals surface area (Å²) in [4.78, 5) is 13.1. The fraction of sp³-hybridized carbons (Fsp3) is 0.269. The first-order valence-electron chi connectivity index (χ1n) is 10.2. The van der Waals surface area contributed by atoms with Gasteiger partial charge < -0.3 is 9.47 Å². The molecule has 0 amide bonds. The number of fused-ring (bicyclic) bond motifs is 1. The monoisotopic (exact) mass is 384 g/mol. The summed E-state index contributed by atoms with van der Waals surface area (Å²) < 4.78 is 11.3. The minimum Gasteiger partial charge on any atom is -0.497 e. The summed E-state index contributed by atoms with van der Waals surface area (Å²) in [5.74, 6) is 2.45. The number of rotatable bonds is 4. The highest BCUT2D eigenvalue weighted by Crippen LogP contribution is 2.50. The van der Waals surface area contributed by atoms with Gasteiger partial charge in [-0.05, 0) is 65.6 Å². The van der Waals surface area contributed by atoms with Gasteiger partial charge in [0.25, 0.3) is 0 Å². The molecule has 3 atom stereocenters. The smallest absolute Gasteiger partial charge is 0.177 e. The SMILES string of the molecule is COc1ccc(C2COc3cc(C4CCC4c4ccccc4)ccc3C2=O)cc1. The Morgan fingerprint density at radius 3 is 2.21 bits per heavy atom. The van der Waals surface area contributed by atoms with Crippen molar-refractivity contribution in [3.8, 4) is 11.5 Å². The lowest BCUT2D eigenvalue weighted by molar-refractivity contribution is 0.0896. The normalized spacial score (nSPS) is 22.9. The lowest BCUT2D eigenvalue weighted by Crippen LogP contribution is -2.27. The van der Waals surface area contributed by atoms with Crippen LogP contribution in [-0.4, -0.2) is 19.5 Å². The van der Waals surface area contributed by atoms with Crippen molar-refractivity contribution in [2.45, 2.75) is 30.6 Å². The molecule has 0 bridgehead atoms. The average Bonchev–Trinajstić information content (AvgIpc) is 2.74. The summed E-state index contributed by atoms with van der Waals surface area (Å²) in [6.45, 7) is 0.383. The van der Waals surface area contributed by atoms with E-state index in [0.717, 1.165) is 17.1 Å². The molecule has 3 aromatic rings. The van der Waals surface area contributed by atoms with Crippen LogP contribution in [0.15, 0.2) is 72.8 Å². The summed E-state index contributed by atoms with van der Waals surface area (Å²) in [5, 5.41) is 0. The molecule has 0 spiro atoms. The number of hydrogen-bond acceptors (Lipinski definition) is 3. The van der Waals surface area contributed by atoms with Crippen molar-refractivity contribution >= 4 is 5.78 Å². The van der Waals surface area contributed by atoms with Crippen molar-refractivity contribution in [3.63, 3.8) is 0 Å². The Hall–Kier alpha value is -3.07. The van der Waals surface area contributed by atoms with E-state index in [1.807, 2.05) is 30.3 Å². The van der Waals surface area contributed by atoms with E-state index in [0.29, 0.717) is 24.0 Å². The van der Waals surface area contributed by atoms with E-state index in [4.69, 9.17) is 9.47 Å². The minimum absolute atomic E-state index is 0.135. The van der Waals surface area contributed by atoms with Crippen LogP contribution in [0, 0.1) is 0 Å². The average molecular weight is 384 g/mol. The van der Waals surface area contributed by atoms with Gasteiger partial charge in [-0.3, -0.25) is 4.79 Å². The molecule has 3 unspecified atom stereocenters. The van der Waals surface area contributed by atoms with E-state index in [-0.39, 0.29) is 11.7 Å². The van der Waals surface area contributed by atoms with E-state index in [1.165, 1.54) is 24.0 Å². The van der Waals surface area contributed by atoms with Gasteiger partial charge in [0.05, 0.1) is 18.6 Å². The number of ether oxygens (including phenoxy) is 2. The Balaban J connectivity index is 1.38. The van der Waals surface area contributed by atoms with Crippen molar-refractivity contribution in [1.29, 1.82) is 0 Å². The Morgan fingerprint density at radius 2 is 1.52 bits per heavy atom. The summed E-state index contributed by atoms with van der Waals surface area (Å²) in [6.07, 6.45) is 2.39. The molecule has 1 fully saturated rings. The van der Waals surface area contributed by atoms with Crippen LogP contribution in [0.5, 0.6) is 11.5 Å². The molecule has 3 heteroatoms. The molecule has 29 heavy (non-hydrogen) atoms. The Labute approximate surface area is 171 Å². The van der Waals surface area contributed by atoms with Gasteiger partial charge in [-0.25, -0.2) is 0 Å². The van der Waals surface area contributed by atoms with E-state index < -0.39 is 0 Å². The van der Waals surface area contributed by atoms with Crippen LogP contribution < -0.4 is 9.47 Å². The molecule has 0 N–H and O–H groups in total. The second kappa shape index (κ2) is 7.40. The number of ketones is 1. The molecule has 1 aliphatic heterocycles. The molecule has 0 radical (unpaired) electrons. The second-order valence-corrected chi connectivity index (χ2v) is 7.96. The zero-order chi connectivity index (χ0) is 19.8. The van der Waals surface area contributed by atoms with E-state index >= 15 is 0 Å². The van der Waals surface area contributed by atoms with Crippen LogP contribution in [0.4, 0.5) is 0 Å². The molecule has 2 aliphatic rings. The van der Waals surface area contributed by atoms with E-state index in [1.54, 1.807) is 7.11 Å². The fourth-order valence-electron chi connectivity index (χ4n) is 4.61. The maximum Gasteiger partial charge on any atom is 0.177 e. The largest absolute Gasteiger partial charge is 0.497 e. The fourth-order valence-corrected chi connectivity index (χ4v) is 4.61. The molecule has 1 aliphatic carbocycles. The first-order chi connectivity index (χ1) is 14.2. The molecule has 0 aromatic heterocycles. The van der Waals surface area contributed by atoms with Crippen LogP contribution in [0.25, 0.3) is 0 Å². The first kappa shape index (κ1) is 18.0. The van der Waals surface area contributed by atoms with Crippen LogP contribution in [0.2, 0.25) is 0 Å². The summed E-state index contributed by atoms with van der Waals surface area (Å²) in [5.41, 5.74) is 4.34. The molecule has 3 nitrogen and oxygen atoms in total. The molecular formula is C26H24O3. The zero-order valence-electron chi connectivity index (χ0n) is 16.5. The third-order valence-corrected chi connectivity index (χ3v) is 6.44. The van der Waals surface area contributed by atoms with E-state index in [9.17, 15) is 4.79 Å². The molecule has 1 saturated carbocycles. The molecule has 0 saturated heterocycles. The Bertz CT molecular complexity index is 1020. The number of hydrogen-bond donors (Lipinski definition) is 0. The van der Waals surface area contributed by atoms with Crippen LogP contribution in [0.1, 0.15) is 57.6 Å². The Morgan fingerprint density at radius 1 is 0.828 bits per heavy atom. The lowest BCUT2D eigenvalue weighted by Gasteiger charge is -2.38. The van der Waals surface area contributed by atoms with Crippen molar-refractivity contribution in [2.75, 3.05) is 13.7 Å². The number of carbonyl (C=O) groups is 1. The lowest BCUT2D eigenvalue weighted by atomic mass is 9.67. The van der Waals surface area contributed by atoms with Gasteiger partial charge in [0, 0.05) is 0 Å². The first-order valence-corrected chi connectivity index (χ1v) is 10.2. The standard InChI is InChI=1S/C26H24O3/c1-28-20-10-7-18(8-11-20)24-16-29-25-15-19(9-12-23(25)26(24)27)22-14-13-21(22)17-5-3-2-4-6-17/h2-12,15,21-22,24H,13-14,16H2,1H3. The number of benzene rings is 3. The number of methoxy groups -OCH3 is 1. The van der Waals surface area contributed by atoms with Crippen molar-refractivity contribution in [3.05, 3.63) is 95.1 Å². The number of Topliss-reactive ketones (excluding diaryl/α,β-unsaturated/α-hetero) is 1. The highest BCUT2D eigenvalue weighted by Gasteiger charge is 2.35. The summed E-state index contributed by atoms with van der Waals surface area (Å²) in [7, 11) is 1.64. The van der Waals surface area contributed by atoms with Crippen molar-refractivity contribution in [2.24, 2.45) is 0 Å². The summed E-state index contributed by atoms with van der Waals surface area (Å²) in [6, 6.07) is 24.6. The molecule has 3 aromatic carbocycles. The van der Waals surface area contributed by atoms with Gasteiger partial charge in [0.15, 0.2) is 5.78 Å².